The number of aliphatic hydroxyl groups is 1. The lowest BCUT2D eigenvalue weighted by molar-refractivity contribution is 0.00207. The van der Waals surface area contributed by atoms with Gasteiger partial charge in [-0.25, -0.2) is 9.18 Å². The minimum absolute atomic E-state index is 0.0155. The largest absolute Gasteiger partial charge is 0.505 e. The second-order valence-corrected chi connectivity index (χ2v) is 7.73. The van der Waals surface area contributed by atoms with Crippen molar-refractivity contribution in [3.8, 4) is 11.5 Å². The van der Waals surface area contributed by atoms with Gasteiger partial charge in [0.1, 0.15) is 29.1 Å². The molecular weight excluding hydrogens is 407 g/mol. The van der Waals surface area contributed by atoms with E-state index in [2.05, 4.69) is 4.98 Å². The molecule has 0 radical (unpaired) electrons. The van der Waals surface area contributed by atoms with Crippen LogP contribution in [0.2, 0.25) is 0 Å². The van der Waals surface area contributed by atoms with Gasteiger partial charge in [0.05, 0.1) is 13.2 Å². The molecule has 4 rings (SSSR count). The third-order valence-corrected chi connectivity index (χ3v) is 5.08. The van der Waals surface area contributed by atoms with Gasteiger partial charge < -0.3 is 19.7 Å². The monoisotopic (exact) mass is 428 g/mol. The first-order valence-corrected chi connectivity index (χ1v) is 9.76. The summed E-state index contributed by atoms with van der Waals surface area (Å²) in [5.41, 5.74) is -1.27. The van der Waals surface area contributed by atoms with E-state index in [1.165, 1.54) is 29.8 Å². The van der Waals surface area contributed by atoms with Crippen molar-refractivity contribution in [2.24, 2.45) is 0 Å². The van der Waals surface area contributed by atoms with Crippen LogP contribution in [0.3, 0.4) is 0 Å². The third kappa shape index (κ3) is 3.72. The van der Waals surface area contributed by atoms with Crippen LogP contribution in [0.4, 0.5) is 4.39 Å². The van der Waals surface area contributed by atoms with E-state index in [1.807, 2.05) is 0 Å². The molecular formula is C22H21FN2O6. The van der Waals surface area contributed by atoms with Crippen molar-refractivity contribution < 1.29 is 28.9 Å². The van der Waals surface area contributed by atoms with Crippen molar-refractivity contribution >= 4 is 17.0 Å². The number of halogens is 1. The van der Waals surface area contributed by atoms with Crippen molar-refractivity contribution in [1.29, 1.82) is 0 Å². The van der Waals surface area contributed by atoms with Gasteiger partial charge in [0, 0.05) is 18.2 Å². The predicted molar refractivity (Wildman–Crippen MR) is 109 cm³/mol. The van der Waals surface area contributed by atoms with Gasteiger partial charge in [-0.15, -0.1) is 0 Å². The normalized spacial score (nSPS) is 17.8. The van der Waals surface area contributed by atoms with Crippen LogP contribution in [-0.2, 0) is 17.7 Å². The number of rotatable bonds is 4. The van der Waals surface area contributed by atoms with Gasteiger partial charge in [0.15, 0.2) is 17.1 Å². The number of esters is 1. The number of nitrogens with zero attached hydrogens (tertiary/aromatic N) is 2. The summed E-state index contributed by atoms with van der Waals surface area (Å²) in [6, 6.07) is 5.90. The number of ether oxygens (including phenoxy) is 2. The Kier molecular flexibility index (Phi) is 5.14. The highest BCUT2D eigenvalue weighted by Gasteiger charge is 2.34. The van der Waals surface area contributed by atoms with E-state index in [-0.39, 0.29) is 42.4 Å². The molecule has 9 heteroatoms. The van der Waals surface area contributed by atoms with Gasteiger partial charge in [0.25, 0.3) is 5.56 Å². The zero-order chi connectivity index (χ0) is 22.3. The summed E-state index contributed by atoms with van der Waals surface area (Å²) < 4.78 is 25.2. The number of aromatic nitrogens is 2. The number of pyridine rings is 2. The first-order valence-electron chi connectivity index (χ1n) is 9.76. The van der Waals surface area contributed by atoms with Crippen LogP contribution >= 0.6 is 0 Å². The first kappa shape index (κ1) is 20.8. The Morgan fingerprint density at radius 3 is 2.74 bits per heavy atom. The highest BCUT2D eigenvalue weighted by Crippen LogP contribution is 2.37. The minimum Gasteiger partial charge on any atom is -0.505 e. The van der Waals surface area contributed by atoms with Crippen LogP contribution < -0.4 is 10.3 Å². The number of benzene rings is 1. The number of carbonyl (C=O) groups excluding carboxylic acids is 1. The molecule has 0 bridgehead atoms. The van der Waals surface area contributed by atoms with Crippen molar-refractivity contribution in [3.05, 3.63) is 63.3 Å². The fourth-order valence-electron chi connectivity index (χ4n) is 3.66. The van der Waals surface area contributed by atoms with Gasteiger partial charge in [-0.3, -0.25) is 14.3 Å². The molecule has 3 aromatic rings. The number of hydrogen-bond acceptors (Lipinski definition) is 7. The molecule has 8 nitrogen and oxygen atoms in total. The number of aromatic hydroxyl groups is 1. The summed E-state index contributed by atoms with van der Waals surface area (Å²) in [4.78, 5) is 29.8. The molecule has 162 valence electrons. The Bertz CT molecular complexity index is 1230. The van der Waals surface area contributed by atoms with Crippen LogP contribution in [0.15, 0.2) is 35.3 Å². The standard InChI is InChI=1S/C22H21FN2O6/c1-3-30-21(28)15-18(26)16-17-19(31-11-22(2,29)10-25(17)20(15)27)13(9-24-16)8-12-4-6-14(23)7-5-12/h4-7,9,26,29H,3,8,10-11H2,1-2H3. The van der Waals surface area contributed by atoms with E-state index in [1.54, 1.807) is 19.1 Å². The van der Waals surface area contributed by atoms with E-state index >= 15 is 0 Å². The molecule has 1 aliphatic rings. The van der Waals surface area contributed by atoms with E-state index in [4.69, 9.17) is 9.47 Å². The predicted octanol–water partition coefficient (Wildman–Crippen LogP) is 2.15. The molecule has 0 fully saturated rings. The Morgan fingerprint density at radius 2 is 2.06 bits per heavy atom. The van der Waals surface area contributed by atoms with Gasteiger partial charge in [-0.1, -0.05) is 12.1 Å². The van der Waals surface area contributed by atoms with Crippen LogP contribution in [0.25, 0.3) is 11.0 Å². The Labute approximate surface area is 176 Å². The highest BCUT2D eigenvalue weighted by atomic mass is 19.1. The fourth-order valence-corrected chi connectivity index (χ4v) is 3.66. The van der Waals surface area contributed by atoms with Gasteiger partial charge >= 0.3 is 5.97 Å². The lowest BCUT2D eigenvalue weighted by Gasteiger charge is -2.21. The Morgan fingerprint density at radius 1 is 1.35 bits per heavy atom. The zero-order valence-corrected chi connectivity index (χ0v) is 17.0. The molecule has 3 heterocycles. The summed E-state index contributed by atoms with van der Waals surface area (Å²) >= 11 is 0. The molecule has 31 heavy (non-hydrogen) atoms. The zero-order valence-electron chi connectivity index (χ0n) is 17.0. The van der Waals surface area contributed by atoms with Crippen LogP contribution in [-0.4, -0.2) is 44.5 Å². The van der Waals surface area contributed by atoms with Crippen molar-refractivity contribution in [2.75, 3.05) is 13.2 Å². The lowest BCUT2D eigenvalue weighted by atomic mass is 10.0. The minimum atomic E-state index is -1.42. The summed E-state index contributed by atoms with van der Waals surface area (Å²) in [7, 11) is 0. The van der Waals surface area contributed by atoms with Gasteiger partial charge in [-0.2, -0.15) is 0 Å². The van der Waals surface area contributed by atoms with E-state index in [0.29, 0.717) is 12.0 Å². The van der Waals surface area contributed by atoms with Crippen molar-refractivity contribution in [2.45, 2.75) is 32.4 Å². The van der Waals surface area contributed by atoms with Crippen LogP contribution in [0.1, 0.15) is 35.3 Å². The summed E-state index contributed by atoms with van der Waals surface area (Å²) in [5, 5.41) is 21.4. The topological polar surface area (TPSA) is 111 Å². The molecule has 0 amide bonds. The maximum Gasteiger partial charge on any atom is 0.347 e. The first-order chi connectivity index (χ1) is 14.7. The number of carbonyl (C=O) groups is 1. The van der Waals surface area contributed by atoms with Gasteiger partial charge in [0.2, 0.25) is 0 Å². The Balaban J connectivity index is 1.98. The molecule has 0 saturated heterocycles. The lowest BCUT2D eigenvalue weighted by Crippen LogP contribution is -2.39. The van der Waals surface area contributed by atoms with Crippen molar-refractivity contribution in [3.63, 3.8) is 0 Å². The van der Waals surface area contributed by atoms with E-state index in [0.717, 1.165) is 5.56 Å². The third-order valence-electron chi connectivity index (χ3n) is 5.08. The Hall–Kier alpha value is -3.46. The molecule has 0 spiro atoms. The second-order valence-electron chi connectivity index (χ2n) is 7.73. The van der Waals surface area contributed by atoms with E-state index < -0.39 is 28.4 Å². The second kappa shape index (κ2) is 7.66. The quantitative estimate of drug-likeness (QED) is 0.613. The van der Waals surface area contributed by atoms with Gasteiger partial charge in [-0.05, 0) is 31.5 Å². The SMILES string of the molecule is CCOC(=O)c1c(O)c2ncc(Cc3ccc(F)cc3)c3c2n(c1=O)CC(C)(O)CO3. The van der Waals surface area contributed by atoms with Crippen molar-refractivity contribution in [1.82, 2.24) is 9.55 Å². The highest BCUT2D eigenvalue weighted by molar-refractivity contribution is 5.99. The van der Waals surface area contributed by atoms with Crippen LogP contribution in [0, 0.1) is 5.82 Å². The summed E-state index contributed by atoms with van der Waals surface area (Å²) in [6.45, 7) is 2.80. The average molecular weight is 428 g/mol. The van der Waals surface area contributed by atoms with E-state index in [9.17, 15) is 24.2 Å². The number of hydrogen-bond donors (Lipinski definition) is 2. The summed E-state index contributed by atoms with van der Waals surface area (Å²) in [6.07, 6.45) is 1.78. The molecule has 2 N–H and O–H groups in total. The van der Waals surface area contributed by atoms with Crippen LogP contribution in [0.5, 0.6) is 11.5 Å². The molecule has 1 unspecified atom stereocenters. The summed E-state index contributed by atoms with van der Waals surface area (Å²) in [5.74, 6) is -1.68. The molecule has 1 aromatic carbocycles. The fraction of sp³-hybridized carbons (Fsp3) is 0.318. The molecule has 1 atom stereocenters. The maximum atomic E-state index is 13.3. The molecule has 0 aliphatic carbocycles. The average Bonchev–Trinajstić information content (AvgIpc) is 2.86. The smallest absolute Gasteiger partial charge is 0.347 e. The molecule has 0 saturated carbocycles. The molecule has 1 aliphatic heterocycles. The maximum absolute atomic E-state index is 13.3. The molecule has 2 aromatic heterocycles.